The largest absolute Gasteiger partial charge is 0.493 e. The van der Waals surface area contributed by atoms with Crippen LogP contribution in [0.5, 0.6) is 11.9 Å². The van der Waals surface area contributed by atoms with Gasteiger partial charge in [-0.15, -0.1) is 0 Å². The van der Waals surface area contributed by atoms with Crippen LogP contribution in [0.2, 0.25) is 0 Å². The lowest BCUT2D eigenvalue weighted by Gasteiger charge is -2.28. The van der Waals surface area contributed by atoms with Crippen molar-refractivity contribution in [3.05, 3.63) is 33.2 Å². The van der Waals surface area contributed by atoms with E-state index in [2.05, 4.69) is 42.0 Å². The molecule has 11 heteroatoms. The summed E-state index contributed by atoms with van der Waals surface area (Å²) >= 11 is 0. The Bertz CT molecular complexity index is 1210. The standard InChI is InChI=1S/C18H22N8O3/c1-25-6-4-12(5-7-25)29-18-22-14-10(8-13-15(27)23-17(28)21-13)9-19-26(14)16(24-18)20-11-2-3-11/h8-9,11-12,27H,2-7H2,1H3,(H2,21,23,28). The molecule has 2 aliphatic rings. The molecule has 0 spiro atoms. The molecule has 0 amide bonds. The SMILES string of the molecule is CN1CCC(Oc2nc(=NC3CC3)n3ncc(=Cc4[nH]c(=O)[nH]c4O)c3n2)CC1. The van der Waals surface area contributed by atoms with E-state index in [0.717, 1.165) is 38.8 Å². The zero-order chi connectivity index (χ0) is 20.0. The minimum atomic E-state index is -0.490. The first kappa shape index (κ1) is 17.9. The second-order valence-corrected chi connectivity index (χ2v) is 7.61. The van der Waals surface area contributed by atoms with E-state index in [1.54, 1.807) is 16.8 Å². The number of rotatable bonds is 4. The third-order valence-electron chi connectivity index (χ3n) is 5.18. The first-order valence-electron chi connectivity index (χ1n) is 9.73. The van der Waals surface area contributed by atoms with Crippen molar-refractivity contribution >= 4 is 11.7 Å². The third kappa shape index (κ3) is 3.73. The summed E-state index contributed by atoms with van der Waals surface area (Å²) in [7, 11) is 2.10. The second-order valence-electron chi connectivity index (χ2n) is 7.61. The van der Waals surface area contributed by atoms with Crippen molar-refractivity contribution in [1.82, 2.24) is 34.4 Å². The molecular formula is C18H22N8O3. The summed E-state index contributed by atoms with van der Waals surface area (Å²) < 4.78 is 7.64. The van der Waals surface area contributed by atoms with Crippen LogP contribution < -0.4 is 21.3 Å². The van der Waals surface area contributed by atoms with Gasteiger partial charge in [0.1, 0.15) is 11.8 Å². The van der Waals surface area contributed by atoms with Crippen molar-refractivity contribution in [3.63, 3.8) is 0 Å². The molecule has 0 radical (unpaired) electrons. The van der Waals surface area contributed by atoms with Crippen LogP contribution in [-0.4, -0.2) is 71.8 Å². The van der Waals surface area contributed by atoms with E-state index in [9.17, 15) is 9.90 Å². The second kappa shape index (κ2) is 6.99. The average molecular weight is 398 g/mol. The summed E-state index contributed by atoms with van der Waals surface area (Å²) in [5.74, 6) is -0.242. The van der Waals surface area contributed by atoms with Gasteiger partial charge in [0.2, 0.25) is 5.88 Å². The highest BCUT2D eigenvalue weighted by atomic mass is 16.5. The smallest absolute Gasteiger partial charge is 0.326 e. The van der Waals surface area contributed by atoms with E-state index in [1.165, 1.54) is 0 Å². The van der Waals surface area contributed by atoms with E-state index in [-0.39, 0.29) is 29.7 Å². The van der Waals surface area contributed by atoms with Gasteiger partial charge in [-0.2, -0.15) is 19.6 Å². The van der Waals surface area contributed by atoms with Gasteiger partial charge in [-0.3, -0.25) is 4.98 Å². The Morgan fingerprint density at radius 2 is 2.03 bits per heavy atom. The van der Waals surface area contributed by atoms with Crippen molar-refractivity contribution in [2.75, 3.05) is 20.1 Å². The number of likely N-dealkylation sites (tertiary alicyclic amines) is 1. The highest BCUT2D eigenvalue weighted by Crippen LogP contribution is 2.22. The number of nitrogens with zero attached hydrogens (tertiary/aromatic N) is 6. The molecule has 1 aliphatic carbocycles. The van der Waals surface area contributed by atoms with E-state index in [1.807, 2.05) is 0 Å². The van der Waals surface area contributed by atoms with Gasteiger partial charge in [0.05, 0.1) is 12.2 Å². The molecule has 3 aromatic heterocycles. The maximum atomic E-state index is 11.4. The fourth-order valence-corrected chi connectivity index (χ4v) is 3.37. The van der Waals surface area contributed by atoms with Crippen LogP contribution in [0.3, 0.4) is 0 Å². The Morgan fingerprint density at radius 1 is 1.24 bits per heavy atom. The minimum absolute atomic E-state index is 0.0582. The van der Waals surface area contributed by atoms with Crippen LogP contribution in [0.4, 0.5) is 0 Å². The van der Waals surface area contributed by atoms with Crippen molar-refractivity contribution in [2.45, 2.75) is 37.8 Å². The van der Waals surface area contributed by atoms with Gasteiger partial charge < -0.3 is 19.7 Å². The predicted octanol–water partition coefficient (Wildman–Crippen LogP) is -1.07. The quantitative estimate of drug-likeness (QED) is 0.509. The molecule has 4 heterocycles. The lowest BCUT2D eigenvalue weighted by Crippen LogP contribution is -2.36. The van der Waals surface area contributed by atoms with Gasteiger partial charge in [-0.25, -0.2) is 9.79 Å². The predicted molar refractivity (Wildman–Crippen MR) is 102 cm³/mol. The molecule has 152 valence electrons. The molecule has 2 fully saturated rings. The number of aromatic hydroxyl groups is 1. The molecule has 0 aromatic carbocycles. The molecular weight excluding hydrogens is 376 g/mol. The molecule has 3 N–H and O–H groups in total. The highest BCUT2D eigenvalue weighted by Gasteiger charge is 2.22. The van der Waals surface area contributed by atoms with Crippen molar-refractivity contribution in [3.8, 4) is 11.9 Å². The summed E-state index contributed by atoms with van der Waals surface area (Å²) in [6.07, 6.45) is 7.16. The van der Waals surface area contributed by atoms with Crippen LogP contribution in [0.25, 0.3) is 11.7 Å². The Kier molecular flexibility index (Phi) is 4.31. The molecule has 0 unspecified atom stereocenters. The minimum Gasteiger partial charge on any atom is -0.493 e. The number of aromatic nitrogens is 6. The first-order chi connectivity index (χ1) is 14.0. The number of H-pyrrole nitrogens is 2. The third-order valence-corrected chi connectivity index (χ3v) is 5.18. The van der Waals surface area contributed by atoms with Gasteiger partial charge in [0.15, 0.2) is 5.65 Å². The average Bonchev–Trinajstić information content (AvgIpc) is 3.33. The molecule has 0 bridgehead atoms. The molecule has 29 heavy (non-hydrogen) atoms. The van der Waals surface area contributed by atoms with Crippen LogP contribution in [0.1, 0.15) is 31.4 Å². The topological polar surface area (TPSA) is 137 Å². The van der Waals surface area contributed by atoms with E-state index < -0.39 is 5.69 Å². The zero-order valence-electron chi connectivity index (χ0n) is 16.0. The van der Waals surface area contributed by atoms with Crippen LogP contribution in [0.15, 0.2) is 16.0 Å². The lowest BCUT2D eigenvalue weighted by molar-refractivity contribution is 0.105. The van der Waals surface area contributed by atoms with Gasteiger partial charge in [0, 0.05) is 18.3 Å². The summed E-state index contributed by atoms with van der Waals surface area (Å²) in [6.45, 7) is 1.94. The van der Waals surface area contributed by atoms with Crippen LogP contribution >= 0.6 is 0 Å². The van der Waals surface area contributed by atoms with E-state index in [4.69, 9.17) is 4.74 Å². The summed E-state index contributed by atoms with van der Waals surface area (Å²) in [6, 6.07) is 0.527. The highest BCUT2D eigenvalue weighted by molar-refractivity contribution is 5.56. The number of piperidine rings is 1. The fraction of sp³-hybridized carbons (Fsp3) is 0.500. The number of nitrogens with one attached hydrogen (secondary N) is 2. The van der Waals surface area contributed by atoms with E-state index in [0.29, 0.717) is 16.5 Å². The Morgan fingerprint density at radius 3 is 2.72 bits per heavy atom. The fourth-order valence-electron chi connectivity index (χ4n) is 3.37. The molecule has 5 rings (SSSR count). The van der Waals surface area contributed by atoms with Gasteiger partial charge >= 0.3 is 11.7 Å². The molecule has 0 atom stereocenters. The first-order valence-corrected chi connectivity index (χ1v) is 9.73. The van der Waals surface area contributed by atoms with Gasteiger partial charge in [-0.05, 0) is 38.8 Å². The number of aromatic amines is 2. The van der Waals surface area contributed by atoms with Crippen molar-refractivity contribution < 1.29 is 9.84 Å². The Labute approximate surface area is 164 Å². The Hall–Kier alpha value is -3.21. The zero-order valence-corrected chi connectivity index (χ0v) is 16.0. The number of hydrogen-bond acceptors (Lipinski definition) is 8. The number of fused-ring (bicyclic) bond motifs is 1. The molecule has 11 nitrogen and oxygen atoms in total. The summed E-state index contributed by atoms with van der Waals surface area (Å²) in [5.41, 5.74) is 0.716. The number of imidazole rings is 1. The van der Waals surface area contributed by atoms with Crippen LogP contribution in [0, 0.1) is 0 Å². The maximum Gasteiger partial charge on any atom is 0.326 e. The molecule has 1 saturated carbocycles. The van der Waals surface area contributed by atoms with Crippen LogP contribution in [-0.2, 0) is 0 Å². The Balaban J connectivity index is 1.59. The van der Waals surface area contributed by atoms with Gasteiger partial charge in [0.25, 0.3) is 5.62 Å². The normalized spacial score (nSPS) is 20.0. The van der Waals surface area contributed by atoms with Crippen molar-refractivity contribution in [2.24, 2.45) is 4.99 Å². The molecule has 1 aliphatic heterocycles. The number of hydrogen-bond donors (Lipinski definition) is 3. The molecule has 3 aromatic rings. The van der Waals surface area contributed by atoms with Crippen molar-refractivity contribution in [1.29, 1.82) is 0 Å². The van der Waals surface area contributed by atoms with E-state index >= 15 is 0 Å². The number of ether oxygens (including phenoxy) is 1. The summed E-state index contributed by atoms with van der Waals surface area (Å²) in [4.78, 5) is 32.2. The maximum absolute atomic E-state index is 11.4. The molecule has 1 saturated heterocycles. The van der Waals surface area contributed by atoms with Gasteiger partial charge in [-0.1, -0.05) is 0 Å². The monoisotopic (exact) mass is 398 g/mol. The summed E-state index contributed by atoms with van der Waals surface area (Å²) in [5, 5.41) is 14.8. The lowest BCUT2D eigenvalue weighted by atomic mass is 10.1.